The molecular formula is C30H82. The fourth-order valence-electron chi connectivity index (χ4n) is 0. The molecule has 0 nitrogen and oxygen atoms in total. The minimum Gasteiger partial charge on any atom is -0.0776 e. The van der Waals surface area contributed by atoms with Crippen molar-refractivity contribution in [3.05, 3.63) is 0 Å². The lowest BCUT2D eigenvalue weighted by molar-refractivity contribution is 0.469. The van der Waals surface area contributed by atoms with Crippen LogP contribution in [0.4, 0.5) is 0 Å². The van der Waals surface area contributed by atoms with Crippen LogP contribution in [0.15, 0.2) is 0 Å². The molecule has 0 heteroatoms. The van der Waals surface area contributed by atoms with Crippen LogP contribution in [-0.2, 0) is 0 Å². The number of rotatable bonds is 0. The molecule has 0 bridgehead atoms. The molecule has 202 valence electrons. The van der Waals surface area contributed by atoms with Gasteiger partial charge < -0.3 is 0 Å². The van der Waals surface area contributed by atoms with Gasteiger partial charge in [-0.15, -0.1) is 0 Å². The lowest BCUT2D eigenvalue weighted by Gasteiger charge is -2.05. The van der Waals surface area contributed by atoms with Gasteiger partial charge in [-0.25, -0.2) is 0 Å². The molecule has 0 radical (unpaired) electrons. The summed E-state index contributed by atoms with van der Waals surface area (Å²) in [7, 11) is 0. The molecule has 0 N–H and O–H groups in total. The van der Waals surface area contributed by atoms with Gasteiger partial charge in [0.2, 0.25) is 0 Å². The van der Waals surface area contributed by atoms with Gasteiger partial charge in [0.25, 0.3) is 0 Å². The molecule has 0 aromatic heterocycles. The van der Waals surface area contributed by atoms with E-state index < -0.39 is 0 Å². The molecule has 0 saturated heterocycles. The predicted octanol–water partition coefficient (Wildman–Crippen LogP) is 13.8. The van der Waals surface area contributed by atoms with Crippen LogP contribution in [0.1, 0.15) is 182 Å². The minimum absolute atomic E-state index is 0. The Morgan fingerprint density at radius 3 is 0.233 bits per heavy atom. The summed E-state index contributed by atoms with van der Waals surface area (Å²) < 4.78 is 0. The highest BCUT2D eigenvalue weighted by Gasteiger charge is 1.96. The van der Waals surface area contributed by atoms with Gasteiger partial charge in [-0.05, 0) is 21.7 Å². The number of hydrogen-bond acceptors (Lipinski definition) is 0. The highest BCUT2D eigenvalue weighted by molar-refractivity contribution is 4.48. The van der Waals surface area contributed by atoms with E-state index in [1.807, 2.05) is 55.4 Å². The van der Waals surface area contributed by atoms with Crippen LogP contribution in [0.2, 0.25) is 0 Å². The summed E-state index contributed by atoms with van der Waals surface area (Å²) in [6.07, 6.45) is 0. The van der Waals surface area contributed by atoms with Crippen molar-refractivity contribution >= 4 is 0 Å². The summed E-state index contributed by atoms with van der Waals surface area (Å²) >= 11 is 0. The molecule has 0 unspecified atom stereocenters. The third kappa shape index (κ3) is 0. The van der Waals surface area contributed by atoms with Gasteiger partial charge >= 0.3 is 0 Å². The Kier molecular flexibility index (Phi) is 83.0. The molecule has 0 amide bonds. The van der Waals surface area contributed by atoms with Crippen molar-refractivity contribution in [1.29, 1.82) is 0 Å². The van der Waals surface area contributed by atoms with Crippen LogP contribution >= 0.6 is 0 Å². The highest BCUT2D eigenvalue weighted by Crippen LogP contribution is 2.09. The van der Waals surface area contributed by atoms with Crippen molar-refractivity contribution in [2.75, 3.05) is 0 Å². The summed E-state index contributed by atoms with van der Waals surface area (Å²) in [5, 5.41) is 0. The molecule has 0 fully saturated rings. The second kappa shape index (κ2) is 39.5. The van der Waals surface area contributed by atoms with Crippen LogP contribution in [0.25, 0.3) is 0 Å². The summed E-state index contributed by atoms with van der Waals surface area (Å²) in [5.74, 6) is 0. The number of hydrogen-bond donors (Lipinski definition) is 0. The molecule has 0 aromatic carbocycles. The lowest BCUT2D eigenvalue weighted by atomic mass is 10.0. The monoisotopic (exact) mass is 444 g/mol. The molecule has 0 rings (SSSR count). The molecule has 0 spiro atoms. The summed E-state index contributed by atoms with van der Waals surface area (Å²) in [6.45, 7) is 51.0. The van der Waals surface area contributed by atoms with Gasteiger partial charge in [0.1, 0.15) is 0 Å². The van der Waals surface area contributed by atoms with Gasteiger partial charge in [0.15, 0.2) is 0 Å². The molecule has 0 aromatic rings. The predicted molar refractivity (Wildman–Crippen MR) is 161 cm³/mol. The molecule has 0 heterocycles. The van der Waals surface area contributed by atoms with E-state index in [4.69, 9.17) is 0 Å². The summed E-state index contributed by atoms with van der Waals surface area (Å²) in [4.78, 5) is 0. The summed E-state index contributed by atoms with van der Waals surface area (Å²) in [6, 6.07) is 0. The topological polar surface area (TPSA) is 0 Å². The molecule has 0 atom stereocenters. The maximum atomic E-state index is 2.19. The maximum absolute atomic E-state index is 2.19. The van der Waals surface area contributed by atoms with Gasteiger partial charge in [-0.3, -0.25) is 0 Å². The van der Waals surface area contributed by atoms with Gasteiger partial charge in [-0.1, -0.05) is 181 Å². The van der Waals surface area contributed by atoms with Crippen molar-refractivity contribution < 1.29 is 1.43 Å². The van der Waals surface area contributed by atoms with Gasteiger partial charge in [-0.2, -0.15) is 0 Å². The van der Waals surface area contributed by atoms with Crippen LogP contribution in [-0.4, -0.2) is 0 Å². The first kappa shape index (κ1) is 63.1. The van der Waals surface area contributed by atoms with E-state index in [0.29, 0.717) is 21.7 Å². The molecule has 0 aliphatic rings. The molecule has 0 aliphatic heterocycles. The minimum atomic E-state index is 0. The molecular weight excluding hydrogens is 360 g/mol. The van der Waals surface area contributed by atoms with E-state index >= 15 is 0 Å². The van der Waals surface area contributed by atoms with E-state index in [1.165, 1.54) is 0 Å². The average Bonchev–Trinajstić information content (AvgIpc) is 2.40. The fraction of sp³-hybridized carbons (Fsp3) is 1.00. The fourth-order valence-corrected chi connectivity index (χ4v) is 0. The van der Waals surface area contributed by atoms with Crippen molar-refractivity contribution in [2.45, 2.75) is 181 Å². The first-order valence-corrected chi connectivity index (χ1v) is 12.0. The first-order chi connectivity index (χ1) is 12.0. The highest BCUT2D eigenvalue weighted by atomic mass is 14.0. The molecule has 30 heavy (non-hydrogen) atoms. The van der Waals surface area contributed by atoms with Crippen molar-refractivity contribution in [1.82, 2.24) is 0 Å². The van der Waals surface area contributed by atoms with Crippen LogP contribution in [0.5, 0.6) is 0 Å². The Balaban J connectivity index is -0.0000000167. The second-order valence-corrected chi connectivity index (χ2v) is 12.0. The Morgan fingerprint density at radius 1 is 0.233 bits per heavy atom. The van der Waals surface area contributed by atoms with E-state index in [2.05, 4.69) is 111 Å². The van der Waals surface area contributed by atoms with Crippen molar-refractivity contribution in [3.63, 3.8) is 0 Å². The third-order valence-corrected chi connectivity index (χ3v) is 0. The zero-order valence-corrected chi connectivity index (χ0v) is 26.0. The Morgan fingerprint density at radius 2 is 0.233 bits per heavy atom. The van der Waals surface area contributed by atoms with Crippen molar-refractivity contribution in [3.8, 4) is 0 Å². The Hall–Kier alpha value is 0. The van der Waals surface area contributed by atoms with E-state index in [-0.39, 0.29) is 16.3 Å². The average molecular weight is 444 g/mol. The van der Waals surface area contributed by atoms with Crippen LogP contribution in [0, 0.1) is 21.7 Å². The standard InChI is InChI=1S/4C5H12.4C2H6.2CH4.H2/c4*1-5(2,3)4;4*1-2;;;/h4*1-4H3;4*1-2H3;2*1H4;1H/i;;;;;;;;;;1+1. The SMILES string of the molecule is C.C.CC.CC.CC.CC.CC(C)(C)C.CC(C)(C)C.CC(C)(C)C.CC(C)(C)C.[2HH]. The van der Waals surface area contributed by atoms with E-state index in [0.717, 1.165) is 0 Å². The van der Waals surface area contributed by atoms with Crippen LogP contribution < -0.4 is 0 Å². The third-order valence-electron chi connectivity index (χ3n) is 0. The second-order valence-electron chi connectivity index (χ2n) is 12.0. The molecule has 0 saturated carbocycles. The smallest absolute Gasteiger partial charge is 0 e. The normalized spacial score (nSPS) is 8.80. The van der Waals surface area contributed by atoms with Crippen molar-refractivity contribution in [2.24, 2.45) is 21.7 Å². The van der Waals surface area contributed by atoms with Crippen LogP contribution in [0.3, 0.4) is 0 Å². The van der Waals surface area contributed by atoms with Gasteiger partial charge in [0.05, 0.1) is 0 Å². The summed E-state index contributed by atoms with van der Waals surface area (Å²) in [5.41, 5.74) is 2.00. The quantitative estimate of drug-likeness (QED) is 0.349. The lowest BCUT2D eigenvalue weighted by Crippen LogP contribution is -1.93. The van der Waals surface area contributed by atoms with E-state index in [1.54, 1.807) is 0 Å². The molecule has 0 aliphatic carbocycles. The zero-order valence-electron chi connectivity index (χ0n) is 26.0. The Labute approximate surface area is 204 Å². The van der Waals surface area contributed by atoms with E-state index in [9.17, 15) is 0 Å². The zero-order chi connectivity index (χ0) is 26.0. The largest absolute Gasteiger partial charge is 0.0776 e. The Bertz CT molecular complexity index is 116. The van der Waals surface area contributed by atoms with Gasteiger partial charge in [0, 0.05) is 1.43 Å². The maximum Gasteiger partial charge on any atom is 0 e. The first-order valence-electron chi connectivity index (χ1n) is 12.0.